The minimum absolute atomic E-state index is 0.174. The third-order valence-electron chi connectivity index (χ3n) is 5.15. The van der Waals surface area contributed by atoms with E-state index in [0.29, 0.717) is 29.1 Å². The maximum Gasteiger partial charge on any atom is 0.268 e. The molecule has 0 aliphatic carbocycles. The van der Waals surface area contributed by atoms with Gasteiger partial charge in [0.05, 0.1) is 22.3 Å². The molecule has 0 fully saturated rings. The van der Waals surface area contributed by atoms with Gasteiger partial charge >= 0.3 is 0 Å². The summed E-state index contributed by atoms with van der Waals surface area (Å²) in [6.07, 6.45) is 3.26. The number of nitrogens with two attached hydrogens (primary N) is 1. The van der Waals surface area contributed by atoms with Crippen molar-refractivity contribution in [2.24, 2.45) is 5.73 Å². The standard InChI is InChI=1S/C23H19N7O2/c1-13-27-16-8-7-14(11-18(16)28-13)12-26-23(32)15-5-4-10-30-20(21(24)31)19(29-22(15)30)17-6-2-3-9-25-17/h2-11H,12H2,1H3,(H2,24,31)(H,26,32)(H,27,28). The number of aromatic nitrogens is 5. The zero-order chi connectivity index (χ0) is 22.2. The number of H-pyrrole nitrogens is 1. The fourth-order valence-electron chi connectivity index (χ4n) is 3.73. The molecule has 5 aromatic rings. The molecule has 0 unspecified atom stereocenters. The van der Waals surface area contributed by atoms with Crippen molar-refractivity contribution >= 4 is 28.5 Å². The Bertz CT molecular complexity index is 1480. The van der Waals surface area contributed by atoms with Gasteiger partial charge in [0.25, 0.3) is 11.8 Å². The van der Waals surface area contributed by atoms with Crippen molar-refractivity contribution in [3.05, 3.63) is 83.6 Å². The lowest BCUT2D eigenvalue weighted by Gasteiger charge is -2.07. The molecule has 0 radical (unpaired) electrons. The molecule has 0 saturated heterocycles. The average Bonchev–Trinajstić information content (AvgIpc) is 3.37. The molecule has 4 N–H and O–H groups in total. The van der Waals surface area contributed by atoms with Gasteiger partial charge in [-0.25, -0.2) is 9.97 Å². The first-order chi connectivity index (χ1) is 15.5. The maximum absolute atomic E-state index is 13.0. The first kappa shape index (κ1) is 19.4. The summed E-state index contributed by atoms with van der Waals surface area (Å²) < 4.78 is 1.53. The summed E-state index contributed by atoms with van der Waals surface area (Å²) in [6, 6.07) is 14.4. The first-order valence-electron chi connectivity index (χ1n) is 9.97. The van der Waals surface area contributed by atoms with Gasteiger partial charge in [-0.05, 0) is 48.9 Å². The molecular weight excluding hydrogens is 406 g/mol. The van der Waals surface area contributed by atoms with Crippen molar-refractivity contribution in [3.8, 4) is 11.4 Å². The fraction of sp³-hybridized carbons (Fsp3) is 0.0870. The molecule has 0 spiro atoms. The Labute approximate surface area is 182 Å². The SMILES string of the molecule is Cc1nc2ccc(CNC(=O)c3cccn4c(C(N)=O)c(-c5ccccn5)nc34)cc2[nH]1. The van der Waals surface area contributed by atoms with Crippen molar-refractivity contribution < 1.29 is 9.59 Å². The van der Waals surface area contributed by atoms with Gasteiger partial charge in [0, 0.05) is 18.9 Å². The second-order valence-electron chi connectivity index (χ2n) is 7.36. The summed E-state index contributed by atoms with van der Waals surface area (Å²) in [4.78, 5) is 41.6. The number of nitrogens with one attached hydrogen (secondary N) is 2. The lowest BCUT2D eigenvalue weighted by molar-refractivity contribution is 0.0949. The largest absolute Gasteiger partial charge is 0.364 e. The van der Waals surface area contributed by atoms with Crippen LogP contribution in [0, 0.1) is 6.92 Å². The molecular formula is C23H19N7O2. The molecule has 0 aliphatic rings. The number of carbonyl (C=O) groups excluding carboxylic acids is 2. The van der Waals surface area contributed by atoms with Crippen LogP contribution < -0.4 is 11.1 Å². The van der Waals surface area contributed by atoms with E-state index >= 15 is 0 Å². The van der Waals surface area contributed by atoms with Crippen LogP contribution in [0.1, 0.15) is 32.2 Å². The number of nitrogens with zero attached hydrogens (tertiary/aromatic N) is 4. The molecule has 32 heavy (non-hydrogen) atoms. The van der Waals surface area contributed by atoms with Crippen molar-refractivity contribution in [2.75, 3.05) is 0 Å². The van der Waals surface area contributed by atoms with Crippen LogP contribution in [0.15, 0.2) is 60.9 Å². The number of hydrogen-bond donors (Lipinski definition) is 3. The van der Waals surface area contributed by atoms with E-state index in [-0.39, 0.29) is 11.6 Å². The Hall–Kier alpha value is -4.53. The van der Waals surface area contributed by atoms with Crippen LogP contribution in [0.25, 0.3) is 28.1 Å². The summed E-state index contributed by atoms with van der Waals surface area (Å²) in [7, 11) is 0. The Morgan fingerprint density at radius 2 is 2.00 bits per heavy atom. The van der Waals surface area contributed by atoms with E-state index in [0.717, 1.165) is 22.4 Å². The predicted molar refractivity (Wildman–Crippen MR) is 119 cm³/mol. The van der Waals surface area contributed by atoms with Gasteiger partial charge in [-0.2, -0.15) is 0 Å². The highest BCUT2D eigenvalue weighted by Crippen LogP contribution is 2.24. The van der Waals surface area contributed by atoms with Crippen molar-refractivity contribution in [2.45, 2.75) is 13.5 Å². The average molecular weight is 425 g/mol. The number of rotatable bonds is 5. The summed E-state index contributed by atoms with van der Waals surface area (Å²) in [6.45, 7) is 2.22. The zero-order valence-corrected chi connectivity index (χ0v) is 17.2. The first-order valence-corrected chi connectivity index (χ1v) is 9.97. The summed E-state index contributed by atoms with van der Waals surface area (Å²) in [5.41, 5.74) is 10.0. The van der Waals surface area contributed by atoms with Crippen LogP contribution in [-0.2, 0) is 6.54 Å². The van der Waals surface area contributed by atoms with Crippen LogP contribution in [0.3, 0.4) is 0 Å². The van der Waals surface area contributed by atoms with E-state index in [2.05, 4.69) is 25.3 Å². The van der Waals surface area contributed by atoms with Crippen LogP contribution in [-0.4, -0.2) is 36.2 Å². The number of amides is 2. The molecule has 1 aromatic carbocycles. The lowest BCUT2D eigenvalue weighted by atomic mass is 10.2. The van der Waals surface area contributed by atoms with Gasteiger partial charge in [0.1, 0.15) is 17.2 Å². The number of carbonyl (C=O) groups is 2. The van der Waals surface area contributed by atoms with Crippen LogP contribution in [0.5, 0.6) is 0 Å². The Morgan fingerprint density at radius 3 is 2.78 bits per heavy atom. The Balaban J connectivity index is 1.49. The highest BCUT2D eigenvalue weighted by Gasteiger charge is 2.22. The highest BCUT2D eigenvalue weighted by atomic mass is 16.2. The normalized spacial score (nSPS) is 11.2. The van der Waals surface area contributed by atoms with Crippen LogP contribution >= 0.6 is 0 Å². The molecule has 0 saturated carbocycles. The van der Waals surface area contributed by atoms with Crippen molar-refractivity contribution in [1.82, 2.24) is 29.7 Å². The second-order valence-corrected chi connectivity index (χ2v) is 7.36. The zero-order valence-electron chi connectivity index (χ0n) is 17.2. The molecule has 9 nitrogen and oxygen atoms in total. The second kappa shape index (κ2) is 7.62. The van der Waals surface area contributed by atoms with Crippen molar-refractivity contribution in [1.29, 1.82) is 0 Å². The van der Waals surface area contributed by atoms with Gasteiger partial charge in [-0.3, -0.25) is 19.0 Å². The third-order valence-corrected chi connectivity index (χ3v) is 5.15. The molecule has 158 valence electrons. The minimum atomic E-state index is -0.654. The van der Waals surface area contributed by atoms with E-state index in [9.17, 15) is 9.59 Å². The van der Waals surface area contributed by atoms with Gasteiger partial charge in [-0.15, -0.1) is 0 Å². The lowest BCUT2D eigenvalue weighted by Crippen LogP contribution is -2.23. The van der Waals surface area contributed by atoms with E-state index in [4.69, 9.17) is 5.73 Å². The summed E-state index contributed by atoms with van der Waals surface area (Å²) in [5.74, 6) is -0.134. The van der Waals surface area contributed by atoms with Crippen LogP contribution in [0.2, 0.25) is 0 Å². The number of fused-ring (bicyclic) bond motifs is 2. The van der Waals surface area contributed by atoms with E-state index in [1.54, 1.807) is 42.7 Å². The number of primary amides is 1. The van der Waals surface area contributed by atoms with E-state index in [1.165, 1.54) is 4.40 Å². The van der Waals surface area contributed by atoms with Crippen LogP contribution in [0.4, 0.5) is 0 Å². The number of aryl methyl sites for hydroxylation is 1. The molecule has 4 aromatic heterocycles. The van der Waals surface area contributed by atoms with Gasteiger partial charge in [-0.1, -0.05) is 12.1 Å². The predicted octanol–water partition coefficient (Wildman–Crippen LogP) is 2.61. The maximum atomic E-state index is 13.0. The highest BCUT2D eigenvalue weighted by molar-refractivity contribution is 6.03. The summed E-state index contributed by atoms with van der Waals surface area (Å²) in [5, 5.41) is 2.92. The molecule has 2 amide bonds. The van der Waals surface area contributed by atoms with Gasteiger partial charge in [0.15, 0.2) is 5.65 Å². The monoisotopic (exact) mass is 425 g/mol. The molecule has 4 heterocycles. The summed E-state index contributed by atoms with van der Waals surface area (Å²) >= 11 is 0. The van der Waals surface area contributed by atoms with E-state index < -0.39 is 5.91 Å². The molecule has 5 rings (SSSR count). The van der Waals surface area contributed by atoms with E-state index in [1.807, 2.05) is 25.1 Å². The quantitative estimate of drug-likeness (QED) is 0.398. The number of benzene rings is 1. The third kappa shape index (κ3) is 3.35. The van der Waals surface area contributed by atoms with Gasteiger partial charge in [0.2, 0.25) is 0 Å². The number of pyridine rings is 2. The Morgan fingerprint density at radius 1 is 1.12 bits per heavy atom. The minimum Gasteiger partial charge on any atom is -0.364 e. The molecule has 9 heteroatoms. The topological polar surface area (TPSA) is 131 Å². The van der Waals surface area contributed by atoms with Gasteiger partial charge < -0.3 is 16.0 Å². The molecule has 0 atom stereocenters. The smallest absolute Gasteiger partial charge is 0.268 e. The fourth-order valence-corrected chi connectivity index (χ4v) is 3.73. The number of imidazole rings is 2. The Kier molecular flexibility index (Phi) is 4.63. The number of hydrogen-bond acceptors (Lipinski definition) is 5. The molecule has 0 bridgehead atoms. The number of aromatic amines is 1. The molecule has 0 aliphatic heterocycles. The van der Waals surface area contributed by atoms with Crippen molar-refractivity contribution in [3.63, 3.8) is 0 Å².